The molecule has 7 heteroatoms. The molecule has 2 aromatic rings. The number of benzene rings is 1. The Kier molecular flexibility index (Phi) is 4.62. The topological polar surface area (TPSA) is 68.1 Å². The van der Waals surface area contributed by atoms with Gasteiger partial charge in [0, 0.05) is 40.3 Å². The normalized spacial score (nSPS) is 10.6. The molecule has 1 aromatic heterocycles. The predicted octanol–water partition coefficient (Wildman–Crippen LogP) is 3.41. The van der Waals surface area contributed by atoms with Crippen molar-refractivity contribution in [2.45, 2.75) is 20.0 Å². The van der Waals surface area contributed by atoms with Crippen molar-refractivity contribution in [3.8, 4) is 0 Å². The second-order valence-electron chi connectivity index (χ2n) is 4.02. The molecule has 19 heavy (non-hydrogen) atoms. The van der Waals surface area contributed by atoms with Gasteiger partial charge in [-0.05, 0) is 19.1 Å². The third-order valence-electron chi connectivity index (χ3n) is 2.50. The van der Waals surface area contributed by atoms with Crippen LogP contribution >= 0.6 is 27.3 Å². The van der Waals surface area contributed by atoms with E-state index in [-0.39, 0.29) is 10.6 Å². The summed E-state index contributed by atoms with van der Waals surface area (Å²) in [7, 11) is 0. The van der Waals surface area contributed by atoms with E-state index in [2.05, 4.69) is 26.2 Å². The molecule has 1 N–H and O–H groups in total. The van der Waals surface area contributed by atoms with Gasteiger partial charge in [0.25, 0.3) is 5.69 Å². The maximum Gasteiger partial charge on any atom is 0.275 e. The smallest absolute Gasteiger partial charge is 0.275 e. The Balaban J connectivity index is 2.01. The van der Waals surface area contributed by atoms with Crippen LogP contribution in [0.1, 0.15) is 16.3 Å². The summed E-state index contributed by atoms with van der Waals surface area (Å²) in [6, 6.07) is 5.07. The predicted molar refractivity (Wildman–Crippen MR) is 78.2 cm³/mol. The second kappa shape index (κ2) is 6.23. The van der Waals surface area contributed by atoms with Gasteiger partial charge in [0.2, 0.25) is 0 Å². The van der Waals surface area contributed by atoms with Gasteiger partial charge in [-0.2, -0.15) is 0 Å². The van der Waals surface area contributed by atoms with Crippen LogP contribution in [0.3, 0.4) is 0 Å². The molecule has 0 amide bonds. The molecule has 0 unspecified atom stereocenters. The maximum atomic E-state index is 11.0. The van der Waals surface area contributed by atoms with E-state index >= 15 is 0 Å². The Bertz CT molecular complexity index is 600. The minimum atomic E-state index is -0.366. The molecule has 0 bridgehead atoms. The summed E-state index contributed by atoms with van der Waals surface area (Å²) >= 11 is 4.82. The van der Waals surface area contributed by atoms with Crippen molar-refractivity contribution in [2.24, 2.45) is 0 Å². The van der Waals surface area contributed by atoms with Crippen LogP contribution in [0, 0.1) is 17.0 Å². The lowest BCUT2D eigenvalue weighted by Gasteiger charge is -2.04. The molecule has 0 aliphatic heterocycles. The van der Waals surface area contributed by atoms with Crippen LogP contribution in [0.2, 0.25) is 0 Å². The van der Waals surface area contributed by atoms with Crippen molar-refractivity contribution in [1.82, 2.24) is 10.3 Å². The van der Waals surface area contributed by atoms with Crippen LogP contribution < -0.4 is 5.32 Å². The van der Waals surface area contributed by atoms with Gasteiger partial charge < -0.3 is 5.32 Å². The van der Waals surface area contributed by atoms with Crippen LogP contribution in [0.15, 0.2) is 28.1 Å². The first-order valence-electron chi connectivity index (χ1n) is 5.61. The van der Waals surface area contributed by atoms with E-state index < -0.39 is 0 Å². The van der Waals surface area contributed by atoms with Crippen LogP contribution in [-0.4, -0.2) is 9.91 Å². The van der Waals surface area contributed by atoms with E-state index in [4.69, 9.17) is 0 Å². The Morgan fingerprint density at radius 1 is 1.47 bits per heavy atom. The third-order valence-corrected chi connectivity index (χ3v) is 3.96. The monoisotopic (exact) mass is 341 g/mol. The van der Waals surface area contributed by atoms with Crippen molar-refractivity contribution in [3.63, 3.8) is 0 Å². The van der Waals surface area contributed by atoms with Gasteiger partial charge in [-0.25, -0.2) is 4.98 Å². The van der Waals surface area contributed by atoms with Crippen LogP contribution in [0.25, 0.3) is 0 Å². The van der Waals surface area contributed by atoms with Crippen LogP contribution in [-0.2, 0) is 13.1 Å². The summed E-state index contributed by atoms with van der Waals surface area (Å²) in [5.74, 6) is 0. The van der Waals surface area contributed by atoms with Gasteiger partial charge in [-0.1, -0.05) is 15.9 Å². The number of hydrogen-bond acceptors (Lipinski definition) is 5. The highest BCUT2D eigenvalue weighted by molar-refractivity contribution is 9.10. The quantitative estimate of drug-likeness (QED) is 0.668. The summed E-state index contributed by atoms with van der Waals surface area (Å²) in [6.07, 6.45) is 0. The Morgan fingerprint density at radius 3 is 2.89 bits per heavy atom. The highest BCUT2D eigenvalue weighted by Crippen LogP contribution is 2.23. The number of halogens is 1. The molecule has 5 nitrogen and oxygen atoms in total. The van der Waals surface area contributed by atoms with Gasteiger partial charge in [-0.15, -0.1) is 11.3 Å². The number of nitrogens with zero attached hydrogens (tertiary/aromatic N) is 2. The van der Waals surface area contributed by atoms with Gasteiger partial charge in [0.15, 0.2) is 0 Å². The van der Waals surface area contributed by atoms with Gasteiger partial charge in [-0.3, -0.25) is 10.1 Å². The van der Waals surface area contributed by atoms with E-state index in [1.165, 1.54) is 6.07 Å². The summed E-state index contributed by atoms with van der Waals surface area (Å²) in [4.78, 5) is 14.9. The highest BCUT2D eigenvalue weighted by atomic mass is 79.9. The highest BCUT2D eigenvalue weighted by Gasteiger charge is 2.13. The third kappa shape index (κ3) is 3.82. The molecule has 0 saturated heterocycles. The second-order valence-corrected chi connectivity index (χ2v) is 5.87. The van der Waals surface area contributed by atoms with Crippen molar-refractivity contribution in [1.29, 1.82) is 0 Å². The summed E-state index contributed by atoms with van der Waals surface area (Å²) < 4.78 is 0.707. The molecule has 1 aromatic carbocycles. The molecule has 100 valence electrons. The molecule has 0 fully saturated rings. The first-order valence-corrected chi connectivity index (χ1v) is 7.28. The van der Waals surface area contributed by atoms with Gasteiger partial charge in [0.1, 0.15) is 5.01 Å². The Labute approximate surface area is 123 Å². The van der Waals surface area contributed by atoms with E-state index in [0.29, 0.717) is 23.1 Å². The Morgan fingerprint density at radius 2 is 2.26 bits per heavy atom. The number of aromatic nitrogens is 1. The average molecular weight is 342 g/mol. The molecule has 0 radical (unpaired) electrons. The fourth-order valence-electron chi connectivity index (χ4n) is 1.64. The van der Waals surface area contributed by atoms with Crippen LogP contribution in [0.4, 0.5) is 5.69 Å². The fourth-order valence-corrected chi connectivity index (χ4v) is 2.73. The molecule has 0 spiro atoms. The first kappa shape index (κ1) is 14.1. The van der Waals surface area contributed by atoms with Crippen molar-refractivity contribution < 1.29 is 4.92 Å². The zero-order valence-corrected chi connectivity index (χ0v) is 12.6. The summed E-state index contributed by atoms with van der Waals surface area (Å²) in [5, 5.41) is 17.1. The molecular formula is C12H12BrN3O2S. The fraction of sp³-hybridized carbons (Fsp3) is 0.250. The number of hydrogen-bond donors (Lipinski definition) is 1. The van der Waals surface area contributed by atoms with Gasteiger partial charge >= 0.3 is 0 Å². The van der Waals surface area contributed by atoms with Crippen molar-refractivity contribution in [2.75, 3.05) is 0 Å². The van der Waals surface area contributed by atoms with E-state index in [0.717, 1.165) is 10.7 Å². The van der Waals surface area contributed by atoms with Crippen LogP contribution in [0.5, 0.6) is 0 Å². The van der Waals surface area contributed by atoms with E-state index in [1.807, 2.05) is 12.3 Å². The number of nitro benzene ring substituents is 1. The van der Waals surface area contributed by atoms with E-state index in [9.17, 15) is 10.1 Å². The first-order chi connectivity index (χ1) is 9.06. The number of aryl methyl sites for hydroxylation is 1. The zero-order chi connectivity index (χ0) is 13.8. The largest absolute Gasteiger partial charge is 0.306 e. The lowest BCUT2D eigenvalue weighted by atomic mass is 10.2. The standard InChI is InChI=1S/C12H12BrN3O2S/c1-8-7-19-12(15-8)6-14-5-9-2-3-10(13)4-11(9)16(17)18/h2-4,7,14H,5-6H2,1H3. The number of rotatable bonds is 5. The summed E-state index contributed by atoms with van der Waals surface area (Å²) in [5.41, 5.74) is 1.79. The molecule has 0 saturated carbocycles. The SMILES string of the molecule is Cc1csc(CNCc2ccc(Br)cc2[N+](=O)[O-])n1. The number of nitro groups is 1. The van der Waals surface area contributed by atoms with Crippen molar-refractivity contribution in [3.05, 3.63) is 54.4 Å². The zero-order valence-electron chi connectivity index (χ0n) is 10.2. The number of thiazole rings is 1. The van der Waals surface area contributed by atoms with E-state index in [1.54, 1.807) is 23.5 Å². The molecule has 0 aliphatic carbocycles. The molecule has 2 rings (SSSR count). The molecule has 1 heterocycles. The number of nitrogens with one attached hydrogen (secondary N) is 1. The lowest BCUT2D eigenvalue weighted by molar-refractivity contribution is -0.385. The average Bonchev–Trinajstić information content (AvgIpc) is 2.77. The molecule has 0 atom stereocenters. The van der Waals surface area contributed by atoms with Crippen molar-refractivity contribution >= 4 is 33.0 Å². The molecular weight excluding hydrogens is 330 g/mol. The maximum absolute atomic E-state index is 11.0. The minimum Gasteiger partial charge on any atom is -0.306 e. The summed E-state index contributed by atoms with van der Waals surface area (Å²) in [6.45, 7) is 3.01. The van der Waals surface area contributed by atoms with Gasteiger partial charge in [0.05, 0.1) is 4.92 Å². The molecule has 0 aliphatic rings. The lowest BCUT2D eigenvalue weighted by Crippen LogP contribution is -2.13. The minimum absolute atomic E-state index is 0.122. The Hall–Kier alpha value is -1.31.